The molecule has 0 spiro atoms. The van der Waals surface area contributed by atoms with E-state index < -0.39 is 0 Å². The van der Waals surface area contributed by atoms with Gasteiger partial charge in [-0.3, -0.25) is 4.40 Å². The molecule has 2 N–H and O–H groups in total. The van der Waals surface area contributed by atoms with E-state index >= 15 is 0 Å². The molecule has 0 saturated carbocycles. The van der Waals surface area contributed by atoms with Gasteiger partial charge < -0.3 is 15.4 Å². The molecule has 0 radical (unpaired) electrons. The summed E-state index contributed by atoms with van der Waals surface area (Å²) >= 11 is 0. The Balaban J connectivity index is 0.00000220. The monoisotopic (exact) mass is 404 g/mol. The first-order valence-electron chi connectivity index (χ1n) is 6.65. The number of pyridine rings is 1. The predicted octanol–water partition coefficient (Wildman–Crippen LogP) is 1.05. The Morgan fingerprint density at radius 3 is 2.95 bits per heavy atom. The number of fused-ring (bicyclic) bond motifs is 1. The number of guanidine groups is 1. The van der Waals surface area contributed by atoms with Gasteiger partial charge in [0.1, 0.15) is 6.54 Å². The van der Waals surface area contributed by atoms with Gasteiger partial charge in [0.15, 0.2) is 17.4 Å². The lowest BCUT2D eigenvalue weighted by molar-refractivity contribution is 0.203. The topological polar surface area (TPSA) is 75.8 Å². The summed E-state index contributed by atoms with van der Waals surface area (Å²) in [5.41, 5.74) is 0.829. The molecule has 8 heteroatoms. The van der Waals surface area contributed by atoms with Gasteiger partial charge in [0.2, 0.25) is 0 Å². The number of hydrogen-bond donors (Lipinski definition) is 2. The van der Waals surface area contributed by atoms with E-state index in [9.17, 15) is 0 Å². The first-order chi connectivity index (χ1) is 9.85. The second-order valence-corrected chi connectivity index (χ2v) is 4.16. The first-order valence-corrected chi connectivity index (χ1v) is 6.65. The maximum absolute atomic E-state index is 5.01. The lowest BCUT2D eigenvalue weighted by Gasteiger charge is -2.10. The average molecular weight is 404 g/mol. The average Bonchev–Trinajstić information content (AvgIpc) is 2.88. The van der Waals surface area contributed by atoms with Crippen molar-refractivity contribution in [2.75, 3.05) is 26.8 Å². The van der Waals surface area contributed by atoms with E-state index in [4.69, 9.17) is 4.74 Å². The predicted molar refractivity (Wildman–Crippen MR) is 93.1 cm³/mol. The van der Waals surface area contributed by atoms with Crippen molar-refractivity contribution in [2.24, 2.45) is 4.99 Å². The van der Waals surface area contributed by atoms with Gasteiger partial charge in [-0.05, 0) is 19.1 Å². The van der Waals surface area contributed by atoms with Crippen LogP contribution in [0.25, 0.3) is 5.65 Å². The lowest BCUT2D eigenvalue weighted by Crippen LogP contribution is -2.38. The van der Waals surface area contributed by atoms with Crippen LogP contribution in [0.15, 0.2) is 29.4 Å². The van der Waals surface area contributed by atoms with Crippen molar-refractivity contribution in [3.05, 3.63) is 30.2 Å². The molecule has 0 atom stereocenters. The normalized spacial score (nSPS) is 11.2. The van der Waals surface area contributed by atoms with Crippen LogP contribution in [-0.4, -0.2) is 47.4 Å². The fourth-order valence-corrected chi connectivity index (χ4v) is 1.76. The molecule has 0 unspecified atom stereocenters. The molecule has 116 valence electrons. The van der Waals surface area contributed by atoms with Crippen LogP contribution in [-0.2, 0) is 11.3 Å². The van der Waals surface area contributed by atoms with Gasteiger partial charge in [-0.1, -0.05) is 6.07 Å². The van der Waals surface area contributed by atoms with Gasteiger partial charge in [-0.25, -0.2) is 4.99 Å². The smallest absolute Gasteiger partial charge is 0.191 e. The molecule has 2 aromatic rings. The summed E-state index contributed by atoms with van der Waals surface area (Å²) in [6, 6.07) is 5.81. The van der Waals surface area contributed by atoms with Crippen LogP contribution < -0.4 is 10.6 Å². The minimum absolute atomic E-state index is 0. The molecule has 0 fully saturated rings. The summed E-state index contributed by atoms with van der Waals surface area (Å²) in [4.78, 5) is 4.49. The Kier molecular flexibility index (Phi) is 7.98. The molecular weight excluding hydrogens is 383 g/mol. The van der Waals surface area contributed by atoms with Crippen LogP contribution in [0, 0.1) is 0 Å². The van der Waals surface area contributed by atoms with Crippen molar-refractivity contribution in [3.8, 4) is 0 Å². The number of nitrogens with zero attached hydrogens (tertiary/aromatic N) is 4. The fraction of sp³-hybridized carbons (Fsp3) is 0.462. The van der Waals surface area contributed by atoms with Crippen molar-refractivity contribution < 1.29 is 4.74 Å². The highest BCUT2D eigenvalue weighted by molar-refractivity contribution is 14.0. The van der Waals surface area contributed by atoms with E-state index in [1.54, 1.807) is 7.11 Å². The zero-order valence-electron chi connectivity index (χ0n) is 12.2. The van der Waals surface area contributed by atoms with E-state index in [1.807, 2.05) is 35.7 Å². The Morgan fingerprint density at radius 2 is 2.19 bits per heavy atom. The van der Waals surface area contributed by atoms with Crippen LogP contribution in [0.2, 0.25) is 0 Å². The quantitative estimate of drug-likeness (QED) is 0.326. The molecule has 2 rings (SSSR count). The SMILES string of the molecule is CCNC(=NCc1nnc2ccccn12)NCCOC.I. The molecule has 0 saturated heterocycles. The summed E-state index contributed by atoms with van der Waals surface area (Å²) in [6.45, 7) is 4.65. The third-order valence-corrected chi connectivity index (χ3v) is 2.71. The molecular formula is C13H21IN6O. The lowest BCUT2D eigenvalue weighted by atomic mass is 10.4. The number of aromatic nitrogens is 3. The number of rotatable bonds is 6. The highest BCUT2D eigenvalue weighted by atomic mass is 127. The second kappa shape index (κ2) is 9.50. The molecule has 0 aliphatic rings. The highest BCUT2D eigenvalue weighted by Crippen LogP contribution is 2.03. The molecule has 21 heavy (non-hydrogen) atoms. The Bertz CT molecular complexity index is 571. The minimum atomic E-state index is 0. The molecule has 0 amide bonds. The summed E-state index contributed by atoms with van der Waals surface area (Å²) < 4.78 is 6.94. The van der Waals surface area contributed by atoms with Crippen molar-refractivity contribution in [3.63, 3.8) is 0 Å². The van der Waals surface area contributed by atoms with Crippen LogP contribution >= 0.6 is 24.0 Å². The zero-order valence-corrected chi connectivity index (χ0v) is 14.6. The van der Waals surface area contributed by atoms with Gasteiger partial charge in [-0.2, -0.15) is 0 Å². The molecule has 2 heterocycles. The number of methoxy groups -OCH3 is 1. The number of aliphatic imine (C=N–C) groups is 1. The van der Waals surface area contributed by atoms with Crippen LogP contribution in [0.3, 0.4) is 0 Å². The molecule has 0 aliphatic carbocycles. The van der Waals surface area contributed by atoms with E-state index in [1.165, 1.54) is 0 Å². The number of halogens is 1. The van der Waals surface area contributed by atoms with Gasteiger partial charge >= 0.3 is 0 Å². The standard InChI is InChI=1S/C13H20N6O.HI/c1-3-14-13(15-7-9-20-2)16-10-12-18-17-11-6-4-5-8-19(11)12;/h4-6,8H,3,7,9-10H2,1-2H3,(H2,14,15,16);1H. The minimum Gasteiger partial charge on any atom is -0.383 e. The largest absolute Gasteiger partial charge is 0.383 e. The molecule has 0 aromatic carbocycles. The Hall–Kier alpha value is -1.42. The van der Waals surface area contributed by atoms with E-state index in [2.05, 4.69) is 25.8 Å². The van der Waals surface area contributed by atoms with Crippen molar-refractivity contribution in [1.82, 2.24) is 25.2 Å². The Morgan fingerprint density at radius 1 is 1.33 bits per heavy atom. The molecule has 0 aliphatic heterocycles. The summed E-state index contributed by atoms with van der Waals surface area (Å²) in [5.74, 6) is 1.56. The Labute approximate surface area is 141 Å². The molecule has 2 aromatic heterocycles. The van der Waals surface area contributed by atoms with Crippen molar-refractivity contribution >= 4 is 35.6 Å². The summed E-state index contributed by atoms with van der Waals surface area (Å²) in [7, 11) is 1.67. The molecule has 0 bridgehead atoms. The van der Waals surface area contributed by atoms with E-state index in [0.29, 0.717) is 19.7 Å². The second-order valence-electron chi connectivity index (χ2n) is 4.16. The van der Waals surface area contributed by atoms with Gasteiger partial charge in [0.25, 0.3) is 0 Å². The van der Waals surface area contributed by atoms with E-state index in [0.717, 1.165) is 24.0 Å². The number of nitrogens with one attached hydrogen (secondary N) is 2. The van der Waals surface area contributed by atoms with Gasteiger partial charge in [-0.15, -0.1) is 34.2 Å². The fourth-order valence-electron chi connectivity index (χ4n) is 1.76. The summed E-state index contributed by atoms with van der Waals surface area (Å²) in [6.07, 6.45) is 1.94. The van der Waals surface area contributed by atoms with Gasteiger partial charge in [0, 0.05) is 26.4 Å². The maximum Gasteiger partial charge on any atom is 0.191 e. The third-order valence-electron chi connectivity index (χ3n) is 2.71. The van der Waals surface area contributed by atoms with E-state index in [-0.39, 0.29) is 24.0 Å². The maximum atomic E-state index is 5.01. The van der Waals surface area contributed by atoms with Crippen molar-refractivity contribution in [2.45, 2.75) is 13.5 Å². The van der Waals surface area contributed by atoms with Crippen LogP contribution in [0.4, 0.5) is 0 Å². The molecule has 7 nitrogen and oxygen atoms in total. The zero-order chi connectivity index (χ0) is 14.2. The number of hydrogen-bond acceptors (Lipinski definition) is 4. The number of ether oxygens (including phenoxy) is 1. The van der Waals surface area contributed by atoms with Crippen LogP contribution in [0.5, 0.6) is 0 Å². The van der Waals surface area contributed by atoms with Gasteiger partial charge in [0.05, 0.1) is 6.61 Å². The third kappa shape index (κ3) is 5.12. The van der Waals surface area contributed by atoms with Crippen molar-refractivity contribution in [1.29, 1.82) is 0 Å². The summed E-state index contributed by atoms with van der Waals surface area (Å²) in [5, 5.41) is 14.6. The first kappa shape index (κ1) is 17.6. The van der Waals surface area contributed by atoms with Crippen LogP contribution in [0.1, 0.15) is 12.7 Å². The highest BCUT2D eigenvalue weighted by Gasteiger charge is 2.04.